The standard InChI is InChI=1S/C16H17NO3/c1-16(2,3)15(18)17-12-6-4-5-10-7-13-14(8-11(10)12)20-9-19-13/h4-8H,9H2,1-3H3,(H,17,18). The SMILES string of the molecule is CC(C)(C)C(=O)Nc1cccc2cc3c(cc12)OCO3. The summed E-state index contributed by atoms with van der Waals surface area (Å²) in [5.41, 5.74) is 0.360. The highest BCUT2D eigenvalue weighted by Gasteiger charge is 2.22. The third-order valence-electron chi connectivity index (χ3n) is 3.30. The van der Waals surface area contributed by atoms with E-state index in [0.29, 0.717) is 0 Å². The maximum absolute atomic E-state index is 12.1. The van der Waals surface area contributed by atoms with Crippen molar-refractivity contribution in [2.45, 2.75) is 20.8 Å². The lowest BCUT2D eigenvalue weighted by molar-refractivity contribution is -0.123. The van der Waals surface area contributed by atoms with Gasteiger partial charge in [0.2, 0.25) is 12.7 Å². The lowest BCUT2D eigenvalue weighted by Gasteiger charge is -2.18. The molecule has 1 aliphatic heterocycles. The Balaban J connectivity index is 2.05. The molecule has 0 aliphatic carbocycles. The predicted molar refractivity (Wildman–Crippen MR) is 78.2 cm³/mol. The Morgan fingerprint density at radius 1 is 1.15 bits per heavy atom. The van der Waals surface area contributed by atoms with Crippen molar-refractivity contribution in [3.05, 3.63) is 30.3 Å². The Hall–Kier alpha value is -2.23. The summed E-state index contributed by atoms with van der Waals surface area (Å²) in [6.45, 7) is 5.92. The van der Waals surface area contributed by atoms with Crippen molar-refractivity contribution in [1.29, 1.82) is 0 Å². The molecule has 1 N–H and O–H groups in total. The van der Waals surface area contributed by atoms with E-state index < -0.39 is 5.41 Å². The first-order valence-electron chi connectivity index (χ1n) is 6.59. The average molecular weight is 271 g/mol. The zero-order valence-corrected chi connectivity index (χ0v) is 11.8. The maximum Gasteiger partial charge on any atom is 0.231 e. The van der Waals surface area contributed by atoms with Crippen molar-refractivity contribution in [1.82, 2.24) is 0 Å². The monoisotopic (exact) mass is 271 g/mol. The van der Waals surface area contributed by atoms with Crippen molar-refractivity contribution in [3.8, 4) is 11.5 Å². The number of carbonyl (C=O) groups is 1. The molecule has 2 aromatic carbocycles. The second kappa shape index (κ2) is 4.40. The molecule has 0 bridgehead atoms. The molecule has 3 rings (SSSR count). The van der Waals surface area contributed by atoms with E-state index in [4.69, 9.17) is 9.47 Å². The van der Waals surface area contributed by atoms with Crippen LogP contribution in [0.1, 0.15) is 20.8 Å². The highest BCUT2D eigenvalue weighted by molar-refractivity contribution is 6.04. The Morgan fingerprint density at radius 2 is 1.85 bits per heavy atom. The molecular formula is C16H17NO3. The van der Waals surface area contributed by atoms with E-state index in [1.807, 2.05) is 51.1 Å². The van der Waals surface area contributed by atoms with Gasteiger partial charge < -0.3 is 14.8 Å². The molecule has 4 heteroatoms. The summed E-state index contributed by atoms with van der Waals surface area (Å²) in [5, 5.41) is 4.95. The largest absolute Gasteiger partial charge is 0.454 e. The molecule has 1 aliphatic rings. The molecule has 0 radical (unpaired) electrons. The number of hydrogen-bond acceptors (Lipinski definition) is 3. The van der Waals surface area contributed by atoms with Crippen molar-refractivity contribution in [3.63, 3.8) is 0 Å². The van der Waals surface area contributed by atoms with Crippen LogP contribution in [0.5, 0.6) is 11.5 Å². The molecule has 1 amide bonds. The normalized spacial score (nSPS) is 13.6. The van der Waals surface area contributed by atoms with Gasteiger partial charge in [0.25, 0.3) is 0 Å². The minimum absolute atomic E-state index is 0.0114. The van der Waals surface area contributed by atoms with Crippen LogP contribution in [0.4, 0.5) is 5.69 Å². The van der Waals surface area contributed by atoms with Crippen LogP contribution >= 0.6 is 0 Å². The molecule has 1 heterocycles. The summed E-state index contributed by atoms with van der Waals surface area (Å²) < 4.78 is 10.8. The smallest absolute Gasteiger partial charge is 0.231 e. The molecule has 0 spiro atoms. The molecular weight excluding hydrogens is 254 g/mol. The number of amides is 1. The molecule has 0 unspecified atom stereocenters. The van der Waals surface area contributed by atoms with E-state index in [1.54, 1.807) is 0 Å². The number of carbonyl (C=O) groups excluding carboxylic acids is 1. The Bertz CT molecular complexity index is 686. The van der Waals surface area contributed by atoms with E-state index in [2.05, 4.69) is 5.32 Å². The van der Waals surface area contributed by atoms with Crippen molar-refractivity contribution in [2.24, 2.45) is 5.41 Å². The van der Waals surface area contributed by atoms with Gasteiger partial charge in [0.05, 0.1) is 0 Å². The van der Waals surface area contributed by atoms with Gasteiger partial charge in [0.15, 0.2) is 11.5 Å². The maximum atomic E-state index is 12.1. The second-order valence-corrected chi connectivity index (χ2v) is 5.94. The minimum Gasteiger partial charge on any atom is -0.454 e. The van der Waals surface area contributed by atoms with E-state index in [9.17, 15) is 4.79 Å². The fourth-order valence-electron chi connectivity index (χ4n) is 2.09. The first-order valence-corrected chi connectivity index (χ1v) is 6.59. The number of hydrogen-bond donors (Lipinski definition) is 1. The van der Waals surface area contributed by atoms with E-state index in [1.165, 1.54) is 0 Å². The molecule has 20 heavy (non-hydrogen) atoms. The number of anilines is 1. The van der Waals surface area contributed by atoms with E-state index >= 15 is 0 Å². The predicted octanol–water partition coefficient (Wildman–Crippen LogP) is 3.55. The Morgan fingerprint density at radius 3 is 2.55 bits per heavy atom. The number of fused-ring (bicyclic) bond motifs is 2. The molecule has 0 atom stereocenters. The molecule has 0 saturated heterocycles. The van der Waals surface area contributed by atoms with Gasteiger partial charge in [0, 0.05) is 16.5 Å². The zero-order chi connectivity index (χ0) is 14.3. The van der Waals surface area contributed by atoms with Gasteiger partial charge in [-0.15, -0.1) is 0 Å². The van der Waals surface area contributed by atoms with Gasteiger partial charge in [-0.2, -0.15) is 0 Å². The Kier molecular flexibility index (Phi) is 2.82. The van der Waals surface area contributed by atoms with Crippen LogP contribution < -0.4 is 14.8 Å². The number of ether oxygens (including phenoxy) is 2. The number of nitrogens with one attached hydrogen (secondary N) is 1. The van der Waals surface area contributed by atoms with Crippen LogP contribution in [0.25, 0.3) is 10.8 Å². The molecule has 0 aromatic heterocycles. The van der Waals surface area contributed by atoms with Crippen molar-refractivity contribution >= 4 is 22.4 Å². The van der Waals surface area contributed by atoms with E-state index in [-0.39, 0.29) is 12.7 Å². The molecule has 4 nitrogen and oxygen atoms in total. The number of benzene rings is 2. The average Bonchev–Trinajstić information content (AvgIpc) is 2.82. The molecule has 0 saturated carbocycles. The van der Waals surface area contributed by atoms with Gasteiger partial charge in [-0.25, -0.2) is 0 Å². The number of rotatable bonds is 1. The van der Waals surface area contributed by atoms with Crippen LogP contribution in [-0.4, -0.2) is 12.7 Å². The lowest BCUT2D eigenvalue weighted by atomic mass is 9.95. The summed E-state index contributed by atoms with van der Waals surface area (Å²) in [6, 6.07) is 9.65. The highest BCUT2D eigenvalue weighted by Crippen LogP contribution is 2.38. The third-order valence-corrected chi connectivity index (χ3v) is 3.30. The summed E-state index contributed by atoms with van der Waals surface area (Å²) in [5.74, 6) is 1.45. The Labute approximate surface area is 117 Å². The molecule has 0 fully saturated rings. The first-order chi connectivity index (χ1) is 9.45. The first kappa shape index (κ1) is 12.8. The minimum atomic E-state index is -0.432. The second-order valence-electron chi connectivity index (χ2n) is 5.94. The summed E-state index contributed by atoms with van der Waals surface area (Å²) in [7, 11) is 0. The third kappa shape index (κ3) is 2.18. The van der Waals surface area contributed by atoms with Crippen LogP contribution in [-0.2, 0) is 4.79 Å². The van der Waals surface area contributed by atoms with Crippen LogP contribution in [0.2, 0.25) is 0 Å². The quantitative estimate of drug-likeness (QED) is 0.862. The molecule has 2 aromatic rings. The van der Waals surface area contributed by atoms with E-state index in [0.717, 1.165) is 28.0 Å². The zero-order valence-electron chi connectivity index (χ0n) is 11.8. The summed E-state index contributed by atoms with van der Waals surface area (Å²) >= 11 is 0. The fourth-order valence-corrected chi connectivity index (χ4v) is 2.09. The lowest BCUT2D eigenvalue weighted by Crippen LogP contribution is -2.27. The van der Waals surface area contributed by atoms with Crippen LogP contribution in [0.3, 0.4) is 0 Å². The fraction of sp³-hybridized carbons (Fsp3) is 0.312. The van der Waals surface area contributed by atoms with Gasteiger partial charge in [0.1, 0.15) is 0 Å². The highest BCUT2D eigenvalue weighted by atomic mass is 16.7. The van der Waals surface area contributed by atoms with Crippen molar-refractivity contribution < 1.29 is 14.3 Å². The van der Waals surface area contributed by atoms with Gasteiger partial charge in [-0.1, -0.05) is 32.9 Å². The van der Waals surface area contributed by atoms with Gasteiger partial charge >= 0.3 is 0 Å². The molecule has 104 valence electrons. The van der Waals surface area contributed by atoms with Crippen LogP contribution in [0, 0.1) is 5.41 Å². The van der Waals surface area contributed by atoms with Crippen molar-refractivity contribution in [2.75, 3.05) is 12.1 Å². The topological polar surface area (TPSA) is 47.6 Å². The van der Waals surface area contributed by atoms with Gasteiger partial charge in [-0.3, -0.25) is 4.79 Å². The summed E-state index contributed by atoms with van der Waals surface area (Å²) in [4.78, 5) is 12.1. The summed E-state index contributed by atoms with van der Waals surface area (Å²) in [6.07, 6.45) is 0. The van der Waals surface area contributed by atoms with Gasteiger partial charge in [-0.05, 0) is 23.6 Å². The van der Waals surface area contributed by atoms with Crippen LogP contribution in [0.15, 0.2) is 30.3 Å².